The Bertz CT molecular complexity index is 1110. The van der Waals surface area contributed by atoms with Crippen LogP contribution in [0.4, 0.5) is 0 Å². The van der Waals surface area contributed by atoms with E-state index in [1.54, 1.807) is 0 Å². The van der Waals surface area contributed by atoms with Crippen LogP contribution in [0.3, 0.4) is 0 Å². The lowest BCUT2D eigenvalue weighted by Gasteiger charge is -2.64. The first-order valence-corrected chi connectivity index (χ1v) is 13.3. The molecule has 6 atom stereocenters. The van der Waals surface area contributed by atoms with Crippen LogP contribution in [0.15, 0.2) is 54.6 Å². The summed E-state index contributed by atoms with van der Waals surface area (Å²) in [4.78, 5) is 2.65. The van der Waals surface area contributed by atoms with E-state index in [4.69, 9.17) is 4.74 Å². The quantitative estimate of drug-likeness (QED) is 0.680. The van der Waals surface area contributed by atoms with Crippen LogP contribution < -0.4 is 10.1 Å². The molecule has 2 heterocycles. The molecule has 7 rings (SSSR count). The number of piperidine rings is 1. The maximum Gasteiger partial charge on any atom is 0.127 e. The average Bonchev–Trinajstić information content (AvgIpc) is 3.59. The number of hydrogen-bond acceptors (Lipinski definition) is 4. The minimum Gasteiger partial charge on any atom is -0.487 e. The molecule has 3 aliphatic carbocycles. The number of rotatable bonds is 6. The molecule has 0 amide bonds. The van der Waals surface area contributed by atoms with E-state index in [-0.39, 0.29) is 29.6 Å². The lowest BCUT2D eigenvalue weighted by Crippen LogP contribution is -2.78. The summed E-state index contributed by atoms with van der Waals surface area (Å²) in [7, 11) is 0. The molecule has 3 fully saturated rings. The summed E-state index contributed by atoms with van der Waals surface area (Å²) >= 11 is 0. The lowest BCUT2D eigenvalue weighted by molar-refractivity contribution is -0.192. The number of hydrogen-bond donors (Lipinski definition) is 2. The van der Waals surface area contributed by atoms with E-state index in [1.807, 2.05) is 0 Å². The number of benzene rings is 2. The van der Waals surface area contributed by atoms with Crippen molar-refractivity contribution in [3.8, 4) is 5.75 Å². The molecule has 0 radical (unpaired) electrons. The van der Waals surface area contributed by atoms with Crippen molar-refractivity contribution >= 4 is 6.08 Å². The molecule has 2 saturated carbocycles. The molecule has 34 heavy (non-hydrogen) atoms. The van der Waals surface area contributed by atoms with Gasteiger partial charge in [-0.1, -0.05) is 54.6 Å². The van der Waals surface area contributed by atoms with Gasteiger partial charge < -0.3 is 15.2 Å². The van der Waals surface area contributed by atoms with Crippen molar-refractivity contribution in [2.45, 2.75) is 80.7 Å². The molecular weight excluding hydrogens is 420 g/mol. The van der Waals surface area contributed by atoms with Crippen molar-refractivity contribution in [3.63, 3.8) is 0 Å². The second-order valence-corrected chi connectivity index (χ2v) is 11.5. The Morgan fingerprint density at radius 3 is 2.79 bits per heavy atom. The maximum absolute atomic E-state index is 12.6. The molecule has 0 aromatic heterocycles. The summed E-state index contributed by atoms with van der Waals surface area (Å²) in [5, 5.41) is 16.4. The molecule has 1 saturated heterocycles. The van der Waals surface area contributed by atoms with Crippen molar-refractivity contribution in [2.75, 3.05) is 13.1 Å². The first kappa shape index (κ1) is 21.2. The molecule has 5 aliphatic rings. The normalized spacial score (nSPS) is 36.8. The number of nitrogens with one attached hydrogen (secondary N) is 1. The third-order valence-corrected chi connectivity index (χ3v) is 9.51. The zero-order valence-electron chi connectivity index (χ0n) is 20.1. The van der Waals surface area contributed by atoms with Crippen molar-refractivity contribution in [1.82, 2.24) is 10.2 Å². The zero-order valence-corrected chi connectivity index (χ0v) is 20.1. The molecule has 2 aromatic rings. The topological polar surface area (TPSA) is 44.7 Å². The fourth-order valence-corrected chi connectivity index (χ4v) is 7.84. The Kier molecular flexibility index (Phi) is 4.78. The summed E-state index contributed by atoms with van der Waals surface area (Å²) in [6.45, 7) is 4.47. The van der Waals surface area contributed by atoms with E-state index in [0.717, 1.165) is 50.4 Å². The summed E-state index contributed by atoms with van der Waals surface area (Å²) in [5.74, 6) is 1.87. The minimum atomic E-state index is -0.703. The van der Waals surface area contributed by atoms with E-state index >= 15 is 0 Å². The highest BCUT2D eigenvalue weighted by Crippen LogP contribution is 2.64. The molecule has 2 bridgehead atoms. The number of aliphatic hydroxyl groups is 1. The van der Waals surface area contributed by atoms with Gasteiger partial charge in [0, 0.05) is 30.2 Å². The van der Waals surface area contributed by atoms with Crippen LogP contribution in [0, 0.1) is 5.92 Å². The van der Waals surface area contributed by atoms with Crippen LogP contribution in [-0.4, -0.2) is 52.9 Å². The third kappa shape index (κ3) is 3.01. The molecule has 4 heteroatoms. The van der Waals surface area contributed by atoms with Gasteiger partial charge in [0.25, 0.3) is 0 Å². The highest BCUT2D eigenvalue weighted by atomic mass is 16.5. The summed E-state index contributed by atoms with van der Waals surface area (Å²) in [6, 6.07) is 17.7. The van der Waals surface area contributed by atoms with Crippen LogP contribution in [0.25, 0.3) is 6.08 Å². The summed E-state index contributed by atoms with van der Waals surface area (Å²) in [5.41, 5.74) is 2.98. The molecule has 2 N–H and O–H groups in total. The van der Waals surface area contributed by atoms with Crippen molar-refractivity contribution in [2.24, 2.45) is 5.92 Å². The van der Waals surface area contributed by atoms with Gasteiger partial charge in [-0.3, -0.25) is 4.90 Å². The lowest BCUT2D eigenvalue weighted by atomic mass is 9.48. The van der Waals surface area contributed by atoms with Gasteiger partial charge in [0.05, 0.1) is 11.0 Å². The van der Waals surface area contributed by atoms with Gasteiger partial charge in [-0.2, -0.15) is 0 Å². The summed E-state index contributed by atoms with van der Waals surface area (Å²) < 4.78 is 6.78. The Morgan fingerprint density at radius 2 is 1.97 bits per heavy atom. The van der Waals surface area contributed by atoms with Gasteiger partial charge in [0.2, 0.25) is 0 Å². The smallest absolute Gasteiger partial charge is 0.127 e. The van der Waals surface area contributed by atoms with Crippen LogP contribution >= 0.6 is 0 Å². The van der Waals surface area contributed by atoms with Gasteiger partial charge in [-0.15, -0.1) is 0 Å². The molecule has 2 aliphatic heterocycles. The van der Waals surface area contributed by atoms with E-state index < -0.39 is 5.60 Å². The van der Waals surface area contributed by atoms with Gasteiger partial charge in [-0.25, -0.2) is 0 Å². The monoisotopic (exact) mass is 456 g/mol. The second kappa shape index (κ2) is 7.68. The molecule has 3 unspecified atom stereocenters. The first-order chi connectivity index (χ1) is 16.6. The molecule has 1 spiro atoms. The van der Waals surface area contributed by atoms with Gasteiger partial charge >= 0.3 is 0 Å². The Labute approximate surface area is 203 Å². The predicted molar refractivity (Wildman–Crippen MR) is 135 cm³/mol. The van der Waals surface area contributed by atoms with E-state index in [9.17, 15) is 5.11 Å². The standard InChI is InChI=1S/C30H36N2O2/c1-20(10-11-21-6-3-2-4-7-21)31-24-14-15-30(33)26-18-23-8-5-9-25-27(23)29(30,28(24)34-25)16-17-32(26)19-22-12-13-22/h2-11,20,22,24,26,28,31,33H,12-19H2,1H3/b11-10+/t20?,24?,26-,28?,29+,30-/m1/s1. The fourth-order valence-electron chi connectivity index (χ4n) is 7.84. The van der Waals surface area contributed by atoms with Crippen LogP contribution in [0.5, 0.6) is 5.75 Å². The van der Waals surface area contributed by atoms with Crippen LogP contribution in [0.1, 0.15) is 55.7 Å². The molecule has 178 valence electrons. The zero-order chi connectivity index (χ0) is 22.9. The average molecular weight is 457 g/mol. The van der Waals surface area contributed by atoms with Crippen LogP contribution in [-0.2, 0) is 11.8 Å². The van der Waals surface area contributed by atoms with Gasteiger partial charge in [-0.05, 0) is 75.1 Å². The Morgan fingerprint density at radius 1 is 1.12 bits per heavy atom. The largest absolute Gasteiger partial charge is 0.487 e. The Balaban J connectivity index is 1.21. The minimum absolute atomic E-state index is 0.0131. The van der Waals surface area contributed by atoms with Crippen molar-refractivity contribution < 1.29 is 9.84 Å². The molecule has 4 nitrogen and oxygen atoms in total. The van der Waals surface area contributed by atoms with Crippen molar-refractivity contribution in [1.29, 1.82) is 0 Å². The van der Waals surface area contributed by atoms with Gasteiger partial charge in [0.1, 0.15) is 11.9 Å². The molecule has 2 aromatic carbocycles. The van der Waals surface area contributed by atoms with Crippen LogP contribution in [0.2, 0.25) is 0 Å². The van der Waals surface area contributed by atoms with E-state index in [2.05, 4.69) is 77.8 Å². The van der Waals surface area contributed by atoms with Gasteiger partial charge in [0.15, 0.2) is 0 Å². The highest BCUT2D eigenvalue weighted by Gasteiger charge is 2.72. The first-order valence-electron chi connectivity index (χ1n) is 13.3. The fraction of sp³-hybridized carbons (Fsp3) is 0.533. The van der Waals surface area contributed by atoms with E-state index in [0.29, 0.717) is 0 Å². The predicted octanol–water partition coefficient (Wildman–Crippen LogP) is 4.31. The number of nitrogens with zero attached hydrogens (tertiary/aromatic N) is 1. The number of likely N-dealkylation sites (tertiary alicyclic amines) is 1. The highest BCUT2D eigenvalue weighted by molar-refractivity contribution is 5.58. The maximum atomic E-state index is 12.6. The Hall–Kier alpha value is -2.14. The van der Waals surface area contributed by atoms with E-state index in [1.165, 1.54) is 29.5 Å². The summed E-state index contributed by atoms with van der Waals surface area (Å²) in [6.07, 6.45) is 10.9. The number of ether oxygens (including phenoxy) is 1. The SMILES string of the molecule is CC(/C=C/c1ccccc1)NC1CC[C@@]2(O)[C@H]3Cc4cccc5c4[C@@]2(CCN3CC2CC2)C1O5. The molecular formula is C30H36N2O2. The van der Waals surface area contributed by atoms with Crippen molar-refractivity contribution in [3.05, 3.63) is 71.3 Å². The second-order valence-electron chi connectivity index (χ2n) is 11.5. The third-order valence-electron chi connectivity index (χ3n) is 9.51.